The molecule has 162 valence electrons. The predicted octanol–water partition coefficient (Wildman–Crippen LogP) is 3.68. The van der Waals surface area contributed by atoms with Gasteiger partial charge in [0.25, 0.3) is 5.69 Å². The number of carbonyl (C=O) groups is 1. The van der Waals surface area contributed by atoms with Gasteiger partial charge in [-0.15, -0.1) is 11.3 Å². The summed E-state index contributed by atoms with van der Waals surface area (Å²) in [7, 11) is 0. The largest absolute Gasteiger partial charge is 0.476 e. The zero-order chi connectivity index (χ0) is 22.4. The minimum absolute atomic E-state index is 0.0230. The number of hydrogen-bond donors (Lipinski definition) is 1. The third-order valence-corrected chi connectivity index (χ3v) is 6.08. The van der Waals surface area contributed by atoms with Crippen LogP contribution in [0.25, 0.3) is 0 Å². The van der Waals surface area contributed by atoms with Gasteiger partial charge < -0.3 is 14.6 Å². The summed E-state index contributed by atoms with van der Waals surface area (Å²) in [5, 5.41) is 28.8. The number of fused-ring (bicyclic) bond motifs is 2. The molecule has 2 aliphatic rings. The third-order valence-electron chi connectivity index (χ3n) is 5.25. The second-order valence-electron chi connectivity index (χ2n) is 7.33. The molecular formula is C21H16N4O6S. The van der Waals surface area contributed by atoms with Gasteiger partial charge in [-0.1, -0.05) is 0 Å². The van der Waals surface area contributed by atoms with Gasteiger partial charge in [-0.05, 0) is 43.2 Å². The normalized spacial score (nSPS) is 16.8. The van der Waals surface area contributed by atoms with E-state index in [1.807, 2.05) is 19.1 Å². The van der Waals surface area contributed by atoms with Crippen molar-refractivity contribution in [2.24, 2.45) is 5.10 Å². The highest BCUT2D eigenvalue weighted by molar-refractivity contribution is 7.13. The number of hydrogen-bond acceptors (Lipinski definition) is 9. The van der Waals surface area contributed by atoms with Crippen LogP contribution in [0.3, 0.4) is 0 Å². The fourth-order valence-corrected chi connectivity index (χ4v) is 4.54. The molecular weight excluding hydrogens is 436 g/mol. The monoisotopic (exact) mass is 452 g/mol. The van der Waals surface area contributed by atoms with Gasteiger partial charge in [0.2, 0.25) is 11.9 Å². The molecule has 0 spiro atoms. The molecule has 2 aliphatic heterocycles. The SMILES string of the molecule is CC1Cc2cc3c(cc2C(c2ccc([N+](=O)[O-])cc2)=NN1c1nc(C(=O)O)cs1)OCO3. The zero-order valence-corrected chi connectivity index (χ0v) is 17.5. The molecule has 0 fully saturated rings. The minimum Gasteiger partial charge on any atom is -0.476 e. The smallest absolute Gasteiger partial charge is 0.355 e. The van der Waals surface area contributed by atoms with Crippen LogP contribution in [0, 0.1) is 10.1 Å². The molecule has 0 amide bonds. The number of nitro groups is 1. The second kappa shape index (κ2) is 7.61. The Kier molecular flexibility index (Phi) is 4.74. The van der Waals surface area contributed by atoms with E-state index in [0.717, 1.165) is 11.1 Å². The molecule has 11 heteroatoms. The lowest BCUT2D eigenvalue weighted by atomic mass is 9.94. The maximum Gasteiger partial charge on any atom is 0.355 e. The Morgan fingerprint density at radius 2 is 1.97 bits per heavy atom. The van der Waals surface area contributed by atoms with E-state index >= 15 is 0 Å². The van der Waals surface area contributed by atoms with Gasteiger partial charge >= 0.3 is 5.97 Å². The summed E-state index contributed by atoms with van der Waals surface area (Å²) < 4.78 is 11.1. The van der Waals surface area contributed by atoms with Gasteiger partial charge in [-0.2, -0.15) is 5.10 Å². The van der Waals surface area contributed by atoms with E-state index in [1.54, 1.807) is 17.1 Å². The first-order chi connectivity index (χ1) is 15.4. The van der Waals surface area contributed by atoms with Crippen LogP contribution in [-0.4, -0.2) is 39.5 Å². The first kappa shape index (κ1) is 19.9. The summed E-state index contributed by atoms with van der Waals surface area (Å²) in [6, 6.07) is 9.78. The van der Waals surface area contributed by atoms with Crippen molar-refractivity contribution >= 4 is 33.8 Å². The number of thiazole rings is 1. The quantitative estimate of drug-likeness (QED) is 0.469. The van der Waals surface area contributed by atoms with Crippen LogP contribution in [0.1, 0.15) is 34.1 Å². The van der Waals surface area contributed by atoms with Crippen LogP contribution in [0.4, 0.5) is 10.8 Å². The van der Waals surface area contributed by atoms with Crippen LogP contribution in [0.15, 0.2) is 46.9 Å². The number of nitro benzene ring substituents is 1. The number of benzene rings is 2. The molecule has 3 heterocycles. The molecule has 0 saturated carbocycles. The Morgan fingerprint density at radius 3 is 2.62 bits per heavy atom. The highest BCUT2D eigenvalue weighted by Gasteiger charge is 2.29. The van der Waals surface area contributed by atoms with Gasteiger partial charge in [0.15, 0.2) is 17.2 Å². The van der Waals surface area contributed by atoms with Gasteiger partial charge in [0.05, 0.1) is 16.7 Å². The Labute approximate surface area is 185 Å². The van der Waals surface area contributed by atoms with Crippen LogP contribution >= 0.6 is 11.3 Å². The van der Waals surface area contributed by atoms with Gasteiger partial charge in [0, 0.05) is 28.6 Å². The average molecular weight is 452 g/mol. The van der Waals surface area contributed by atoms with Crippen molar-refractivity contribution in [1.29, 1.82) is 0 Å². The molecule has 0 aliphatic carbocycles. The molecule has 0 radical (unpaired) electrons. The number of carboxylic acid groups (broad SMARTS) is 1. The molecule has 0 saturated heterocycles. The lowest BCUT2D eigenvalue weighted by molar-refractivity contribution is -0.384. The van der Waals surface area contributed by atoms with E-state index in [0.29, 0.717) is 34.3 Å². The Hall–Kier alpha value is -3.99. The van der Waals surface area contributed by atoms with Gasteiger partial charge in [-0.25, -0.2) is 14.8 Å². The molecule has 10 nitrogen and oxygen atoms in total. The maximum atomic E-state index is 11.3. The second-order valence-corrected chi connectivity index (χ2v) is 8.17. The third kappa shape index (κ3) is 3.42. The van der Waals surface area contributed by atoms with Crippen molar-refractivity contribution in [2.75, 3.05) is 11.8 Å². The molecule has 32 heavy (non-hydrogen) atoms. The summed E-state index contributed by atoms with van der Waals surface area (Å²) in [5.74, 6) is 0.139. The van der Waals surface area contributed by atoms with Crippen molar-refractivity contribution < 1.29 is 24.3 Å². The molecule has 1 N–H and O–H groups in total. The Bertz CT molecular complexity index is 1270. The topological polar surface area (TPSA) is 127 Å². The summed E-state index contributed by atoms with van der Waals surface area (Å²) in [4.78, 5) is 26.2. The van der Waals surface area contributed by atoms with Crippen molar-refractivity contribution in [2.45, 2.75) is 19.4 Å². The lowest BCUT2D eigenvalue weighted by Crippen LogP contribution is -2.29. The molecule has 1 aromatic heterocycles. The average Bonchev–Trinajstić information content (AvgIpc) is 3.41. The van der Waals surface area contributed by atoms with Crippen LogP contribution in [0.2, 0.25) is 0 Å². The van der Waals surface area contributed by atoms with Crippen LogP contribution in [-0.2, 0) is 6.42 Å². The minimum atomic E-state index is -1.11. The molecule has 2 aromatic carbocycles. The van der Waals surface area contributed by atoms with Gasteiger partial charge in [-0.3, -0.25) is 10.1 Å². The summed E-state index contributed by atoms with van der Waals surface area (Å²) in [5.41, 5.74) is 2.95. The zero-order valence-electron chi connectivity index (χ0n) is 16.7. The number of nitrogens with zero attached hydrogens (tertiary/aromatic N) is 4. The fraction of sp³-hybridized carbons (Fsp3) is 0.190. The number of carboxylic acids is 1. The standard InChI is InChI=1S/C21H16N4O6S/c1-11-6-13-7-17-18(31-10-30-17)8-15(13)19(12-2-4-14(5-3-12)25(28)29)23-24(11)21-22-16(9-32-21)20(26)27/h2-5,7-9,11H,6,10H2,1H3,(H,26,27). The van der Waals surface area contributed by atoms with Crippen molar-refractivity contribution in [3.05, 3.63) is 74.3 Å². The number of hydrazone groups is 1. The predicted molar refractivity (Wildman–Crippen MR) is 116 cm³/mol. The summed E-state index contributed by atoms with van der Waals surface area (Å²) in [6.07, 6.45) is 0.591. The number of aromatic nitrogens is 1. The number of aromatic carboxylic acids is 1. The Morgan fingerprint density at radius 1 is 1.25 bits per heavy atom. The lowest BCUT2D eigenvalue weighted by Gasteiger charge is -2.22. The van der Waals surface area contributed by atoms with Crippen LogP contribution in [0.5, 0.6) is 11.5 Å². The highest BCUT2D eigenvalue weighted by Crippen LogP contribution is 2.38. The number of anilines is 1. The van der Waals surface area contributed by atoms with Gasteiger partial charge in [0.1, 0.15) is 0 Å². The first-order valence-corrected chi connectivity index (χ1v) is 10.5. The van der Waals surface area contributed by atoms with E-state index in [9.17, 15) is 20.0 Å². The van der Waals surface area contributed by atoms with Crippen molar-refractivity contribution in [1.82, 2.24) is 4.98 Å². The van der Waals surface area contributed by atoms with E-state index in [-0.39, 0.29) is 24.2 Å². The van der Waals surface area contributed by atoms with Crippen molar-refractivity contribution in [3.63, 3.8) is 0 Å². The maximum absolute atomic E-state index is 11.3. The van der Waals surface area contributed by atoms with Crippen LogP contribution < -0.4 is 14.5 Å². The first-order valence-electron chi connectivity index (χ1n) is 9.65. The van der Waals surface area contributed by atoms with E-state index in [4.69, 9.17) is 14.6 Å². The summed E-state index contributed by atoms with van der Waals surface area (Å²) in [6.45, 7) is 2.11. The van der Waals surface area contributed by atoms with Crippen molar-refractivity contribution in [3.8, 4) is 11.5 Å². The Balaban J connectivity index is 1.67. The molecule has 3 aromatic rings. The van der Waals surface area contributed by atoms with E-state index < -0.39 is 10.9 Å². The van der Waals surface area contributed by atoms with E-state index in [1.165, 1.54) is 28.8 Å². The molecule has 1 atom stereocenters. The fourth-order valence-electron chi connectivity index (χ4n) is 3.69. The highest BCUT2D eigenvalue weighted by atomic mass is 32.1. The molecule has 0 bridgehead atoms. The number of non-ortho nitro benzene ring substituents is 1. The number of ether oxygens (including phenoxy) is 2. The summed E-state index contributed by atoms with van der Waals surface area (Å²) >= 11 is 1.19. The molecule has 5 rings (SSSR count). The number of rotatable bonds is 4. The molecule has 1 unspecified atom stereocenters. The van der Waals surface area contributed by atoms with E-state index in [2.05, 4.69) is 4.98 Å².